The van der Waals surface area contributed by atoms with Crippen LogP contribution in [0.3, 0.4) is 0 Å². The van der Waals surface area contributed by atoms with Gasteiger partial charge >= 0.3 is 11.9 Å². The summed E-state index contributed by atoms with van der Waals surface area (Å²) in [5.41, 5.74) is 2.44. The fourth-order valence-corrected chi connectivity index (χ4v) is 2.95. The van der Waals surface area contributed by atoms with Gasteiger partial charge in [-0.15, -0.1) is 0 Å². The third kappa shape index (κ3) is 4.30. The molecule has 26 heavy (non-hydrogen) atoms. The fourth-order valence-electron chi connectivity index (χ4n) is 2.95. The highest BCUT2D eigenvalue weighted by Crippen LogP contribution is 2.39. The number of hydrogen-bond acceptors (Lipinski definition) is 7. The van der Waals surface area contributed by atoms with Crippen molar-refractivity contribution in [2.24, 2.45) is 0 Å². The molecule has 2 rings (SSSR count). The maximum atomic E-state index is 12.6. The summed E-state index contributed by atoms with van der Waals surface area (Å²) in [6.45, 7) is 2.60. The van der Waals surface area contributed by atoms with Crippen molar-refractivity contribution in [3.05, 3.63) is 58.4 Å². The highest BCUT2D eigenvalue weighted by molar-refractivity contribution is 5.99. The van der Waals surface area contributed by atoms with E-state index in [1.807, 2.05) is 30.3 Å². The maximum absolute atomic E-state index is 12.6. The van der Waals surface area contributed by atoms with E-state index in [2.05, 4.69) is 5.32 Å². The Kier molecular flexibility index (Phi) is 6.94. The normalized spacial score (nSPS) is 14.9. The minimum absolute atomic E-state index is 0.135. The zero-order chi connectivity index (χ0) is 19.1. The Balaban J connectivity index is 2.51. The molecule has 0 saturated carbocycles. The number of aliphatic hydroxyl groups is 2. The number of esters is 2. The molecule has 7 nitrogen and oxygen atoms in total. The Bertz CT molecular complexity index is 681. The number of nitrogens with one attached hydrogen (secondary N) is 1. The van der Waals surface area contributed by atoms with Gasteiger partial charge in [0, 0.05) is 11.4 Å². The lowest BCUT2D eigenvalue weighted by molar-refractivity contribution is -0.141. The number of allylic oxidation sites excluding steroid dienone is 2. The number of carbonyl (C=O) groups is 2. The highest BCUT2D eigenvalue weighted by Gasteiger charge is 2.37. The topological polar surface area (TPSA) is 105 Å². The quantitative estimate of drug-likeness (QED) is 0.622. The third-order valence-corrected chi connectivity index (χ3v) is 3.98. The van der Waals surface area contributed by atoms with Crippen molar-refractivity contribution in [1.82, 2.24) is 5.32 Å². The number of hydrogen-bond donors (Lipinski definition) is 3. The van der Waals surface area contributed by atoms with Crippen LogP contribution in [0.25, 0.3) is 0 Å². The van der Waals surface area contributed by atoms with Gasteiger partial charge in [-0.2, -0.15) is 0 Å². The van der Waals surface area contributed by atoms with Crippen molar-refractivity contribution in [3.8, 4) is 0 Å². The summed E-state index contributed by atoms with van der Waals surface area (Å²) >= 11 is 0. The van der Waals surface area contributed by atoms with E-state index in [9.17, 15) is 9.59 Å². The van der Waals surface area contributed by atoms with Gasteiger partial charge in [-0.05, 0) is 19.4 Å². The molecule has 0 aromatic heterocycles. The number of benzene rings is 1. The second-order valence-electron chi connectivity index (χ2n) is 5.77. The molecule has 0 aliphatic carbocycles. The molecule has 0 fully saturated rings. The van der Waals surface area contributed by atoms with Gasteiger partial charge in [0.2, 0.25) is 0 Å². The Morgan fingerprint density at radius 3 is 1.81 bits per heavy atom. The highest BCUT2D eigenvalue weighted by atomic mass is 16.5. The molecule has 0 amide bonds. The predicted octanol–water partition coefficient (Wildman–Crippen LogP) is 0.992. The molecule has 0 atom stereocenters. The molecule has 140 valence electrons. The smallest absolute Gasteiger partial charge is 0.336 e. The van der Waals surface area contributed by atoms with Gasteiger partial charge in [0.15, 0.2) is 0 Å². The number of dihydropyridines is 1. The van der Waals surface area contributed by atoms with E-state index in [1.165, 1.54) is 0 Å². The van der Waals surface area contributed by atoms with Crippen LogP contribution in [-0.2, 0) is 19.1 Å². The van der Waals surface area contributed by atoms with Gasteiger partial charge in [-0.3, -0.25) is 0 Å². The summed E-state index contributed by atoms with van der Waals surface area (Å²) in [6, 6.07) is 9.10. The van der Waals surface area contributed by atoms with E-state index >= 15 is 0 Å². The predicted molar refractivity (Wildman–Crippen MR) is 93.8 cm³/mol. The van der Waals surface area contributed by atoms with E-state index in [0.29, 0.717) is 11.4 Å². The van der Waals surface area contributed by atoms with Crippen LogP contribution >= 0.6 is 0 Å². The van der Waals surface area contributed by atoms with Crippen LogP contribution in [0, 0.1) is 0 Å². The zero-order valence-corrected chi connectivity index (χ0v) is 14.8. The molecular weight excluding hydrogens is 338 g/mol. The average molecular weight is 361 g/mol. The molecule has 1 aliphatic rings. The molecule has 7 heteroatoms. The Morgan fingerprint density at radius 1 is 0.923 bits per heavy atom. The van der Waals surface area contributed by atoms with E-state index in [4.69, 9.17) is 19.7 Å². The molecule has 0 radical (unpaired) electrons. The van der Waals surface area contributed by atoms with Gasteiger partial charge in [-0.1, -0.05) is 30.3 Å². The summed E-state index contributed by atoms with van der Waals surface area (Å²) in [4.78, 5) is 25.2. The van der Waals surface area contributed by atoms with E-state index in [-0.39, 0.29) is 37.6 Å². The van der Waals surface area contributed by atoms with Gasteiger partial charge in [0.1, 0.15) is 13.2 Å². The van der Waals surface area contributed by atoms with Gasteiger partial charge in [-0.25, -0.2) is 9.59 Å². The van der Waals surface area contributed by atoms with E-state index in [1.54, 1.807) is 13.8 Å². The Morgan fingerprint density at radius 2 is 1.38 bits per heavy atom. The van der Waals surface area contributed by atoms with E-state index < -0.39 is 17.9 Å². The van der Waals surface area contributed by atoms with Crippen molar-refractivity contribution < 1.29 is 29.3 Å². The molecule has 1 aromatic rings. The largest absolute Gasteiger partial charge is 0.460 e. The third-order valence-electron chi connectivity index (χ3n) is 3.98. The molecule has 0 bridgehead atoms. The van der Waals surface area contributed by atoms with Crippen molar-refractivity contribution in [2.75, 3.05) is 26.4 Å². The van der Waals surface area contributed by atoms with Crippen LogP contribution in [0.1, 0.15) is 25.3 Å². The van der Waals surface area contributed by atoms with Crippen LogP contribution in [-0.4, -0.2) is 48.6 Å². The molecule has 0 saturated heterocycles. The van der Waals surface area contributed by atoms with Gasteiger partial charge in [0.05, 0.1) is 30.3 Å². The lowest BCUT2D eigenvalue weighted by Gasteiger charge is -2.30. The number of rotatable bonds is 7. The van der Waals surface area contributed by atoms with Crippen LogP contribution < -0.4 is 5.32 Å². The van der Waals surface area contributed by atoms with Crippen molar-refractivity contribution in [3.63, 3.8) is 0 Å². The standard InChI is InChI=1S/C19H23NO6/c1-12-15(18(23)25-10-8-21)17(14-6-4-3-5-7-14)16(13(2)20-12)19(24)26-11-9-22/h3-7,17,20-22H,8-11H2,1-2H3. The summed E-state index contributed by atoms with van der Waals surface area (Å²) in [7, 11) is 0. The Hall–Kier alpha value is -2.64. The maximum Gasteiger partial charge on any atom is 0.336 e. The monoisotopic (exact) mass is 361 g/mol. The van der Waals surface area contributed by atoms with E-state index in [0.717, 1.165) is 5.56 Å². The molecule has 1 aliphatic heterocycles. The lowest BCUT2D eigenvalue weighted by atomic mass is 9.80. The summed E-state index contributed by atoms with van der Waals surface area (Å²) < 4.78 is 10.2. The first kappa shape index (κ1) is 19.7. The van der Waals surface area contributed by atoms with Crippen molar-refractivity contribution >= 4 is 11.9 Å². The Labute approximate surface area is 151 Å². The van der Waals surface area contributed by atoms with Crippen LogP contribution in [0.2, 0.25) is 0 Å². The number of carbonyl (C=O) groups excluding carboxylic acids is 2. The van der Waals surface area contributed by atoms with Gasteiger partial charge < -0.3 is 25.0 Å². The van der Waals surface area contributed by atoms with Gasteiger partial charge in [0.25, 0.3) is 0 Å². The van der Waals surface area contributed by atoms with Crippen LogP contribution in [0.4, 0.5) is 0 Å². The molecule has 0 spiro atoms. The number of aliphatic hydroxyl groups excluding tert-OH is 2. The molecule has 1 heterocycles. The lowest BCUT2D eigenvalue weighted by Crippen LogP contribution is -2.33. The van der Waals surface area contributed by atoms with Crippen molar-refractivity contribution in [1.29, 1.82) is 0 Å². The number of ether oxygens (including phenoxy) is 2. The SMILES string of the molecule is CC1=C(C(=O)OCCO)C(c2ccccc2)C(C(=O)OCCO)=C(C)N1. The minimum Gasteiger partial charge on any atom is -0.460 e. The van der Waals surface area contributed by atoms with Crippen LogP contribution in [0.5, 0.6) is 0 Å². The summed E-state index contributed by atoms with van der Waals surface area (Å²) in [5, 5.41) is 20.9. The first-order valence-electron chi connectivity index (χ1n) is 8.30. The first-order chi connectivity index (χ1) is 12.5. The fraction of sp³-hybridized carbons (Fsp3) is 0.368. The second-order valence-corrected chi connectivity index (χ2v) is 5.77. The van der Waals surface area contributed by atoms with Crippen LogP contribution in [0.15, 0.2) is 52.9 Å². The second kappa shape index (κ2) is 9.17. The molecule has 3 N–H and O–H groups in total. The minimum atomic E-state index is -0.671. The molecule has 0 unspecified atom stereocenters. The molecule has 1 aromatic carbocycles. The first-order valence-corrected chi connectivity index (χ1v) is 8.30. The molecular formula is C19H23NO6. The summed E-state index contributed by atoms with van der Waals surface area (Å²) in [5.74, 6) is -1.90. The summed E-state index contributed by atoms with van der Waals surface area (Å²) in [6.07, 6.45) is 0. The zero-order valence-electron chi connectivity index (χ0n) is 14.8. The average Bonchev–Trinajstić information content (AvgIpc) is 2.64. The van der Waals surface area contributed by atoms with Crippen molar-refractivity contribution in [2.45, 2.75) is 19.8 Å².